The van der Waals surface area contributed by atoms with Crippen molar-refractivity contribution in [3.63, 3.8) is 0 Å². The fourth-order valence-electron chi connectivity index (χ4n) is 1.71. The lowest BCUT2D eigenvalue weighted by Crippen LogP contribution is -2.13. The maximum Gasteiger partial charge on any atom is 0.161 e. The third-order valence-corrected chi connectivity index (χ3v) is 2.76. The zero-order valence-electron chi connectivity index (χ0n) is 12.3. The number of aryl methyl sites for hydroxylation is 1. The van der Waals surface area contributed by atoms with Crippen LogP contribution in [0, 0.1) is 6.92 Å². The van der Waals surface area contributed by atoms with E-state index in [2.05, 4.69) is 17.6 Å². The summed E-state index contributed by atoms with van der Waals surface area (Å²) in [6, 6.07) is 6.07. The van der Waals surface area contributed by atoms with Gasteiger partial charge < -0.3 is 20.1 Å². The Morgan fingerprint density at radius 1 is 0.895 bits per heavy atom. The van der Waals surface area contributed by atoms with E-state index in [0.29, 0.717) is 13.2 Å². The second-order valence-electron chi connectivity index (χ2n) is 4.56. The van der Waals surface area contributed by atoms with Gasteiger partial charge in [0, 0.05) is 0 Å². The van der Waals surface area contributed by atoms with Crippen molar-refractivity contribution in [2.24, 2.45) is 0 Å². The third-order valence-electron chi connectivity index (χ3n) is 2.76. The zero-order valence-corrected chi connectivity index (χ0v) is 12.3. The van der Waals surface area contributed by atoms with Gasteiger partial charge in [-0.1, -0.05) is 6.07 Å². The largest absolute Gasteiger partial charge is 0.490 e. The minimum Gasteiger partial charge on any atom is -0.490 e. The summed E-state index contributed by atoms with van der Waals surface area (Å²) < 4.78 is 11.6. The van der Waals surface area contributed by atoms with Gasteiger partial charge in [-0.3, -0.25) is 0 Å². The molecular formula is C15H26N2O2. The van der Waals surface area contributed by atoms with E-state index in [1.807, 2.05) is 32.3 Å². The summed E-state index contributed by atoms with van der Waals surface area (Å²) in [6.45, 7) is 5.40. The van der Waals surface area contributed by atoms with Crippen molar-refractivity contribution in [2.45, 2.75) is 19.8 Å². The van der Waals surface area contributed by atoms with Gasteiger partial charge in [0.1, 0.15) is 0 Å². The van der Waals surface area contributed by atoms with E-state index in [1.54, 1.807) is 0 Å². The van der Waals surface area contributed by atoms with Crippen molar-refractivity contribution >= 4 is 0 Å². The number of hydrogen-bond donors (Lipinski definition) is 2. The molecule has 0 spiro atoms. The molecule has 0 fully saturated rings. The highest BCUT2D eigenvalue weighted by Crippen LogP contribution is 2.28. The van der Waals surface area contributed by atoms with Gasteiger partial charge in [0.05, 0.1) is 13.2 Å². The molecule has 1 aromatic rings. The first-order valence-corrected chi connectivity index (χ1v) is 6.93. The average Bonchev–Trinajstić information content (AvgIpc) is 2.41. The number of ether oxygens (including phenoxy) is 2. The Morgan fingerprint density at radius 3 is 2.05 bits per heavy atom. The number of benzene rings is 1. The summed E-state index contributed by atoms with van der Waals surface area (Å²) in [5, 5.41) is 6.22. The molecule has 4 heteroatoms. The minimum atomic E-state index is 0.705. The predicted molar refractivity (Wildman–Crippen MR) is 79.3 cm³/mol. The van der Waals surface area contributed by atoms with Crippen LogP contribution in [0.3, 0.4) is 0 Å². The smallest absolute Gasteiger partial charge is 0.161 e. The lowest BCUT2D eigenvalue weighted by atomic mass is 10.2. The van der Waals surface area contributed by atoms with Crippen LogP contribution in [-0.4, -0.2) is 40.4 Å². The molecule has 4 nitrogen and oxygen atoms in total. The number of nitrogens with one attached hydrogen (secondary N) is 2. The van der Waals surface area contributed by atoms with Crippen LogP contribution in [0.1, 0.15) is 18.4 Å². The van der Waals surface area contributed by atoms with Crippen LogP contribution in [0.15, 0.2) is 18.2 Å². The molecule has 19 heavy (non-hydrogen) atoms. The molecule has 0 radical (unpaired) electrons. The number of rotatable bonds is 10. The van der Waals surface area contributed by atoms with Crippen LogP contribution in [0.2, 0.25) is 0 Å². The van der Waals surface area contributed by atoms with Crippen molar-refractivity contribution in [1.82, 2.24) is 10.6 Å². The van der Waals surface area contributed by atoms with Crippen LogP contribution in [0.5, 0.6) is 11.5 Å². The lowest BCUT2D eigenvalue weighted by Gasteiger charge is -2.13. The summed E-state index contributed by atoms with van der Waals surface area (Å²) in [6.07, 6.45) is 1.98. The van der Waals surface area contributed by atoms with Gasteiger partial charge in [-0.25, -0.2) is 0 Å². The molecule has 0 aliphatic carbocycles. The van der Waals surface area contributed by atoms with Gasteiger partial charge in [0.15, 0.2) is 11.5 Å². The maximum atomic E-state index is 5.80. The quantitative estimate of drug-likeness (QED) is 0.635. The Hall–Kier alpha value is -1.26. The van der Waals surface area contributed by atoms with Gasteiger partial charge in [-0.15, -0.1) is 0 Å². The first-order chi connectivity index (χ1) is 9.27. The molecule has 0 bridgehead atoms. The SMILES string of the molecule is CNCCCOc1ccc(C)cc1OCCCNC. The fourth-order valence-corrected chi connectivity index (χ4v) is 1.71. The molecular weight excluding hydrogens is 240 g/mol. The minimum absolute atomic E-state index is 0.705. The van der Waals surface area contributed by atoms with Crippen LogP contribution in [0.4, 0.5) is 0 Å². The van der Waals surface area contributed by atoms with Crippen molar-refractivity contribution in [3.05, 3.63) is 23.8 Å². The zero-order chi connectivity index (χ0) is 13.9. The maximum absolute atomic E-state index is 5.80. The molecule has 0 atom stereocenters. The molecule has 108 valence electrons. The number of hydrogen-bond acceptors (Lipinski definition) is 4. The molecule has 0 unspecified atom stereocenters. The Balaban J connectivity index is 2.48. The molecule has 0 aliphatic heterocycles. The van der Waals surface area contributed by atoms with E-state index in [4.69, 9.17) is 9.47 Å². The Morgan fingerprint density at radius 2 is 1.47 bits per heavy atom. The Bertz CT molecular complexity index is 356. The van der Waals surface area contributed by atoms with E-state index < -0.39 is 0 Å². The summed E-state index contributed by atoms with van der Waals surface area (Å²) >= 11 is 0. The lowest BCUT2D eigenvalue weighted by molar-refractivity contribution is 0.262. The van der Waals surface area contributed by atoms with Crippen molar-refractivity contribution in [1.29, 1.82) is 0 Å². The Labute approximate surface area is 116 Å². The monoisotopic (exact) mass is 266 g/mol. The molecule has 2 N–H and O–H groups in total. The summed E-state index contributed by atoms with van der Waals surface area (Å²) in [5.41, 5.74) is 1.19. The van der Waals surface area contributed by atoms with E-state index >= 15 is 0 Å². The normalized spacial score (nSPS) is 10.5. The third kappa shape index (κ3) is 6.45. The highest BCUT2D eigenvalue weighted by Gasteiger charge is 2.05. The molecule has 0 aromatic heterocycles. The first-order valence-electron chi connectivity index (χ1n) is 6.93. The van der Waals surface area contributed by atoms with E-state index in [-0.39, 0.29) is 0 Å². The molecule has 0 saturated heterocycles. The summed E-state index contributed by atoms with van der Waals surface area (Å²) in [7, 11) is 3.89. The van der Waals surface area contributed by atoms with Gasteiger partial charge in [-0.2, -0.15) is 0 Å². The summed E-state index contributed by atoms with van der Waals surface area (Å²) in [4.78, 5) is 0. The second kappa shape index (κ2) is 9.64. The van der Waals surface area contributed by atoms with E-state index in [1.165, 1.54) is 5.56 Å². The van der Waals surface area contributed by atoms with Gasteiger partial charge in [-0.05, 0) is 64.6 Å². The fraction of sp³-hybridized carbons (Fsp3) is 0.600. The van der Waals surface area contributed by atoms with Crippen LogP contribution < -0.4 is 20.1 Å². The van der Waals surface area contributed by atoms with Crippen molar-refractivity contribution in [3.8, 4) is 11.5 Å². The topological polar surface area (TPSA) is 42.5 Å². The van der Waals surface area contributed by atoms with Crippen molar-refractivity contribution in [2.75, 3.05) is 40.4 Å². The van der Waals surface area contributed by atoms with Crippen molar-refractivity contribution < 1.29 is 9.47 Å². The molecule has 0 aliphatic rings. The standard InChI is InChI=1S/C15H26N2O2/c1-13-6-7-14(18-10-4-8-16-2)15(12-13)19-11-5-9-17-3/h6-7,12,16-17H,4-5,8-11H2,1-3H3. The molecule has 0 heterocycles. The van der Waals surface area contributed by atoms with Gasteiger partial charge in [0.2, 0.25) is 0 Å². The predicted octanol–water partition coefficient (Wildman–Crippen LogP) is 1.97. The highest BCUT2D eigenvalue weighted by atomic mass is 16.5. The van der Waals surface area contributed by atoms with E-state index in [0.717, 1.165) is 37.4 Å². The van der Waals surface area contributed by atoms with Crippen LogP contribution in [-0.2, 0) is 0 Å². The van der Waals surface area contributed by atoms with E-state index in [9.17, 15) is 0 Å². The highest BCUT2D eigenvalue weighted by molar-refractivity contribution is 5.42. The first kappa shape index (κ1) is 15.8. The van der Waals surface area contributed by atoms with Gasteiger partial charge >= 0.3 is 0 Å². The molecule has 1 rings (SSSR count). The van der Waals surface area contributed by atoms with Crippen LogP contribution >= 0.6 is 0 Å². The molecule has 1 aromatic carbocycles. The summed E-state index contributed by atoms with van der Waals surface area (Å²) in [5.74, 6) is 1.69. The molecule has 0 saturated carbocycles. The van der Waals surface area contributed by atoms with Crippen LogP contribution in [0.25, 0.3) is 0 Å². The van der Waals surface area contributed by atoms with Gasteiger partial charge in [0.25, 0.3) is 0 Å². The average molecular weight is 266 g/mol. The Kier molecular flexibility index (Phi) is 8.02. The molecule has 0 amide bonds. The second-order valence-corrected chi connectivity index (χ2v) is 4.56.